The molecule has 164 valence electrons. The summed E-state index contributed by atoms with van der Waals surface area (Å²) in [6, 6.07) is 1.65. The lowest BCUT2D eigenvalue weighted by molar-refractivity contribution is -0.144. The second-order valence-corrected chi connectivity index (χ2v) is 9.38. The molecule has 0 saturated carbocycles. The summed E-state index contributed by atoms with van der Waals surface area (Å²) in [5.74, 6) is -0.0725. The molecule has 1 aliphatic rings. The number of piperidine rings is 1. The predicted molar refractivity (Wildman–Crippen MR) is 107 cm³/mol. The van der Waals surface area contributed by atoms with E-state index in [2.05, 4.69) is 12.1 Å². The zero-order valence-electron chi connectivity index (χ0n) is 18.6. The molecular formula is C21H34N2O6. The van der Waals surface area contributed by atoms with E-state index in [1.807, 2.05) is 34.6 Å². The van der Waals surface area contributed by atoms with Crippen LogP contribution in [0.1, 0.15) is 66.1 Å². The molecule has 1 aromatic heterocycles. The Morgan fingerprint density at radius 1 is 1.28 bits per heavy atom. The van der Waals surface area contributed by atoms with Crippen LogP contribution in [-0.4, -0.2) is 54.5 Å². The van der Waals surface area contributed by atoms with Crippen LogP contribution >= 0.6 is 0 Å². The van der Waals surface area contributed by atoms with Crippen molar-refractivity contribution in [3.8, 4) is 5.88 Å². The molecule has 1 aliphatic heterocycles. The Bertz CT molecular complexity index is 698. The second kappa shape index (κ2) is 9.05. The lowest BCUT2D eigenvalue weighted by Gasteiger charge is -2.39. The van der Waals surface area contributed by atoms with Crippen LogP contribution in [-0.2, 0) is 14.3 Å². The highest BCUT2D eigenvalue weighted by Crippen LogP contribution is 2.33. The third-order valence-corrected chi connectivity index (χ3v) is 5.13. The normalized spacial score (nSPS) is 17.7. The maximum absolute atomic E-state index is 12.2. The van der Waals surface area contributed by atoms with Gasteiger partial charge in [0.2, 0.25) is 0 Å². The van der Waals surface area contributed by atoms with Crippen molar-refractivity contribution in [2.24, 2.45) is 11.3 Å². The Kier molecular flexibility index (Phi) is 7.19. The number of esters is 1. The van der Waals surface area contributed by atoms with Gasteiger partial charge < -0.3 is 23.6 Å². The first-order valence-corrected chi connectivity index (χ1v) is 10.1. The fourth-order valence-electron chi connectivity index (χ4n) is 3.28. The van der Waals surface area contributed by atoms with Gasteiger partial charge in [-0.1, -0.05) is 20.8 Å². The third-order valence-electron chi connectivity index (χ3n) is 5.13. The Labute approximate surface area is 172 Å². The molecule has 2 heterocycles. The van der Waals surface area contributed by atoms with E-state index in [0.29, 0.717) is 31.3 Å². The van der Waals surface area contributed by atoms with Gasteiger partial charge in [-0.25, -0.2) is 4.79 Å². The van der Waals surface area contributed by atoms with Crippen molar-refractivity contribution >= 4 is 12.1 Å². The van der Waals surface area contributed by atoms with Gasteiger partial charge in [0.15, 0.2) is 5.76 Å². The summed E-state index contributed by atoms with van der Waals surface area (Å²) in [5, 5.41) is 3.95. The van der Waals surface area contributed by atoms with Crippen molar-refractivity contribution in [2.75, 3.05) is 26.8 Å². The predicted octanol–water partition coefficient (Wildman–Crippen LogP) is 4.00. The zero-order chi connectivity index (χ0) is 21.8. The van der Waals surface area contributed by atoms with Crippen LogP contribution in [0.3, 0.4) is 0 Å². The molecule has 8 nitrogen and oxygen atoms in total. The van der Waals surface area contributed by atoms with Gasteiger partial charge in [0.25, 0.3) is 5.88 Å². The fraction of sp³-hybridized carbons (Fsp3) is 0.762. The molecule has 1 unspecified atom stereocenters. The molecule has 0 spiro atoms. The standard InChI is InChI=1S/C21H34N2O6/c1-14(2)17(18(24)26-7)15-12-16(22-29-15)27-13-21(6)8-10-23(11-9-21)19(25)28-20(3,4)5/h12,14,17H,8-11,13H2,1-7H3. The molecule has 0 N–H and O–H groups in total. The van der Waals surface area contributed by atoms with Crippen molar-refractivity contribution < 1.29 is 28.3 Å². The molecule has 1 fully saturated rings. The molecule has 0 aromatic carbocycles. The topological polar surface area (TPSA) is 91.1 Å². The van der Waals surface area contributed by atoms with Gasteiger partial charge in [0.05, 0.1) is 13.7 Å². The lowest BCUT2D eigenvalue weighted by Crippen LogP contribution is -2.46. The van der Waals surface area contributed by atoms with Crippen molar-refractivity contribution in [3.63, 3.8) is 0 Å². The van der Waals surface area contributed by atoms with Crippen LogP contribution in [0.15, 0.2) is 10.6 Å². The highest BCUT2D eigenvalue weighted by molar-refractivity contribution is 5.77. The molecular weight excluding hydrogens is 376 g/mol. The minimum Gasteiger partial charge on any atom is -0.475 e. The fourth-order valence-corrected chi connectivity index (χ4v) is 3.28. The van der Waals surface area contributed by atoms with E-state index in [-0.39, 0.29) is 23.4 Å². The summed E-state index contributed by atoms with van der Waals surface area (Å²) in [7, 11) is 1.36. The number of amides is 1. The maximum Gasteiger partial charge on any atom is 0.410 e. The monoisotopic (exact) mass is 410 g/mol. The first-order valence-electron chi connectivity index (χ1n) is 10.1. The molecule has 0 radical (unpaired) electrons. The van der Waals surface area contributed by atoms with Crippen LogP contribution in [0.4, 0.5) is 4.79 Å². The van der Waals surface area contributed by atoms with E-state index >= 15 is 0 Å². The van der Waals surface area contributed by atoms with E-state index in [1.54, 1.807) is 11.0 Å². The number of methoxy groups -OCH3 is 1. The highest BCUT2D eigenvalue weighted by atomic mass is 16.6. The number of carbonyl (C=O) groups excluding carboxylic acids is 2. The SMILES string of the molecule is COC(=O)C(c1cc(OCC2(C)CCN(C(=O)OC(C)(C)C)CC2)no1)C(C)C. The molecule has 1 aromatic rings. The quantitative estimate of drug-likeness (QED) is 0.655. The van der Waals surface area contributed by atoms with Gasteiger partial charge in [0, 0.05) is 24.6 Å². The van der Waals surface area contributed by atoms with Crippen LogP contribution in [0.5, 0.6) is 5.88 Å². The second-order valence-electron chi connectivity index (χ2n) is 9.38. The Morgan fingerprint density at radius 3 is 2.41 bits per heavy atom. The van der Waals surface area contributed by atoms with Crippen LogP contribution in [0.2, 0.25) is 0 Å². The number of rotatable bonds is 6. The average molecular weight is 411 g/mol. The Balaban J connectivity index is 1.90. The number of aromatic nitrogens is 1. The van der Waals surface area contributed by atoms with Gasteiger partial charge >= 0.3 is 12.1 Å². The number of likely N-dealkylation sites (tertiary alicyclic amines) is 1. The summed E-state index contributed by atoms with van der Waals surface area (Å²) in [4.78, 5) is 26.0. The van der Waals surface area contributed by atoms with E-state index in [4.69, 9.17) is 18.7 Å². The van der Waals surface area contributed by atoms with Crippen molar-refractivity contribution in [1.29, 1.82) is 0 Å². The van der Waals surface area contributed by atoms with E-state index in [1.165, 1.54) is 7.11 Å². The van der Waals surface area contributed by atoms with Crippen molar-refractivity contribution in [2.45, 2.75) is 65.9 Å². The summed E-state index contributed by atoms with van der Waals surface area (Å²) >= 11 is 0. The largest absolute Gasteiger partial charge is 0.475 e. The number of carbonyl (C=O) groups is 2. The summed E-state index contributed by atoms with van der Waals surface area (Å²) in [6.07, 6.45) is 1.32. The van der Waals surface area contributed by atoms with Crippen LogP contribution < -0.4 is 4.74 Å². The Morgan fingerprint density at radius 2 is 1.90 bits per heavy atom. The van der Waals surface area contributed by atoms with Crippen molar-refractivity contribution in [3.05, 3.63) is 11.8 Å². The molecule has 8 heteroatoms. The summed E-state index contributed by atoms with van der Waals surface area (Å²) in [6.45, 7) is 13.3. The molecule has 1 saturated heterocycles. The smallest absolute Gasteiger partial charge is 0.410 e. The third kappa shape index (κ3) is 6.37. The van der Waals surface area contributed by atoms with Gasteiger partial charge in [-0.05, 0) is 44.7 Å². The minimum absolute atomic E-state index is 0.0120. The molecule has 2 rings (SSSR count). The molecule has 1 atom stereocenters. The molecule has 1 amide bonds. The number of nitrogens with zero attached hydrogens (tertiary/aromatic N) is 2. The highest BCUT2D eigenvalue weighted by Gasteiger charge is 2.35. The van der Waals surface area contributed by atoms with Crippen LogP contribution in [0.25, 0.3) is 0 Å². The zero-order valence-corrected chi connectivity index (χ0v) is 18.6. The number of hydrogen-bond acceptors (Lipinski definition) is 7. The molecule has 0 aliphatic carbocycles. The van der Waals surface area contributed by atoms with Gasteiger partial charge in [0.1, 0.15) is 11.5 Å². The van der Waals surface area contributed by atoms with E-state index in [9.17, 15) is 9.59 Å². The number of hydrogen-bond donors (Lipinski definition) is 0. The van der Waals surface area contributed by atoms with Gasteiger partial charge in [-0.15, -0.1) is 0 Å². The molecule has 29 heavy (non-hydrogen) atoms. The Hall–Kier alpha value is -2.25. The maximum atomic E-state index is 12.2. The first kappa shape index (κ1) is 23.0. The van der Waals surface area contributed by atoms with E-state index in [0.717, 1.165) is 12.8 Å². The van der Waals surface area contributed by atoms with Crippen molar-refractivity contribution in [1.82, 2.24) is 10.1 Å². The van der Waals surface area contributed by atoms with Gasteiger partial charge in [-0.2, -0.15) is 0 Å². The van der Waals surface area contributed by atoms with E-state index < -0.39 is 11.5 Å². The summed E-state index contributed by atoms with van der Waals surface area (Å²) < 4.78 is 21.5. The average Bonchev–Trinajstić information content (AvgIpc) is 3.07. The summed E-state index contributed by atoms with van der Waals surface area (Å²) in [5.41, 5.74) is -0.582. The van der Waals surface area contributed by atoms with Gasteiger partial charge in [-0.3, -0.25) is 4.79 Å². The molecule has 0 bridgehead atoms. The minimum atomic E-state index is -0.516. The lowest BCUT2D eigenvalue weighted by atomic mass is 9.81. The number of ether oxygens (including phenoxy) is 3. The first-order chi connectivity index (χ1) is 13.4. The van der Waals surface area contributed by atoms with Crippen LogP contribution in [0, 0.1) is 11.3 Å².